The maximum absolute atomic E-state index is 10.4. The molecule has 0 bridgehead atoms. The molecule has 0 aliphatic heterocycles. The molecule has 2 heterocycles. The summed E-state index contributed by atoms with van der Waals surface area (Å²) in [5, 5.41) is 21.9. The van der Waals surface area contributed by atoms with Gasteiger partial charge in [-0.05, 0) is 38.8 Å². The smallest absolute Gasteiger partial charge is 0.303 e. The van der Waals surface area contributed by atoms with Gasteiger partial charge in [0.1, 0.15) is 0 Å². The number of aliphatic carboxylic acids is 1. The van der Waals surface area contributed by atoms with Gasteiger partial charge in [0.05, 0.1) is 3.79 Å². The predicted molar refractivity (Wildman–Crippen MR) is 65.7 cm³/mol. The Labute approximate surface area is 109 Å². The van der Waals surface area contributed by atoms with Crippen LogP contribution in [0.15, 0.2) is 15.2 Å². The van der Waals surface area contributed by atoms with E-state index >= 15 is 0 Å². The van der Waals surface area contributed by atoms with Gasteiger partial charge in [-0.25, -0.2) is 4.68 Å². The highest BCUT2D eigenvalue weighted by Gasteiger charge is 2.10. The molecule has 0 fully saturated rings. The van der Waals surface area contributed by atoms with Gasteiger partial charge in [0, 0.05) is 23.9 Å². The molecule has 0 amide bonds. The lowest BCUT2D eigenvalue weighted by molar-refractivity contribution is -0.137. The minimum Gasteiger partial charge on any atom is -0.481 e. The summed E-state index contributed by atoms with van der Waals surface area (Å²) in [4.78, 5) is 10.4. The van der Waals surface area contributed by atoms with Crippen molar-refractivity contribution in [3.05, 3.63) is 15.2 Å². The Morgan fingerprint density at radius 1 is 1.59 bits per heavy atom. The Bertz CT molecular complexity index is 525. The molecule has 17 heavy (non-hydrogen) atoms. The molecular weight excluding hydrogens is 308 g/mol. The van der Waals surface area contributed by atoms with Gasteiger partial charge in [-0.1, -0.05) is 0 Å². The van der Waals surface area contributed by atoms with Crippen molar-refractivity contribution >= 4 is 33.2 Å². The zero-order valence-electron chi connectivity index (χ0n) is 8.71. The first kappa shape index (κ1) is 12.2. The number of hydrogen-bond acceptors (Lipinski definition) is 5. The van der Waals surface area contributed by atoms with E-state index < -0.39 is 5.97 Å². The van der Waals surface area contributed by atoms with Crippen LogP contribution in [0.4, 0.5) is 0 Å². The normalized spacial score (nSPS) is 10.6. The quantitative estimate of drug-likeness (QED) is 0.912. The number of carbonyl (C=O) groups is 1. The van der Waals surface area contributed by atoms with Crippen LogP contribution in [-0.4, -0.2) is 31.3 Å². The monoisotopic (exact) mass is 316 g/mol. The van der Waals surface area contributed by atoms with Gasteiger partial charge in [0.15, 0.2) is 5.82 Å². The Morgan fingerprint density at radius 3 is 3.06 bits per heavy atom. The molecule has 0 spiro atoms. The molecule has 90 valence electrons. The summed E-state index contributed by atoms with van der Waals surface area (Å²) in [6.07, 6.45) is 0.630. The number of halogens is 1. The molecule has 0 aliphatic carbocycles. The molecule has 8 heteroatoms. The number of hydrogen-bond donors (Lipinski definition) is 1. The van der Waals surface area contributed by atoms with Crippen LogP contribution < -0.4 is 0 Å². The van der Waals surface area contributed by atoms with E-state index in [1.807, 2.05) is 11.4 Å². The Balaban J connectivity index is 2.09. The van der Waals surface area contributed by atoms with Crippen molar-refractivity contribution in [3.63, 3.8) is 0 Å². The first-order valence-electron chi connectivity index (χ1n) is 4.89. The van der Waals surface area contributed by atoms with Crippen LogP contribution in [0.5, 0.6) is 0 Å². The summed E-state index contributed by atoms with van der Waals surface area (Å²) in [6.45, 7) is 0.502. The van der Waals surface area contributed by atoms with Crippen molar-refractivity contribution in [1.29, 1.82) is 0 Å². The molecule has 0 radical (unpaired) electrons. The average Bonchev–Trinajstić information content (AvgIpc) is 2.86. The molecule has 2 aromatic heterocycles. The SMILES string of the molecule is O=C(O)CCCn1nnnc1-c1csc(Br)c1. The van der Waals surface area contributed by atoms with Crippen LogP contribution in [-0.2, 0) is 11.3 Å². The number of carboxylic acid groups (broad SMARTS) is 1. The second-order valence-corrected chi connectivity index (χ2v) is 5.65. The topological polar surface area (TPSA) is 80.9 Å². The van der Waals surface area contributed by atoms with Gasteiger partial charge >= 0.3 is 5.97 Å². The van der Waals surface area contributed by atoms with E-state index in [0.717, 1.165) is 9.35 Å². The number of aryl methyl sites for hydroxylation is 1. The van der Waals surface area contributed by atoms with Crippen molar-refractivity contribution in [3.8, 4) is 11.4 Å². The highest BCUT2D eigenvalue weighted by Crippen LogP contribution is 2.27. The third-order valence-electron chi connectivity index (χ3n) is 2.12. The largest absolute Gasteiger partial charge is 0.481 e. The van der Waals surface area contributed by atoms with E-state index in [4.69, 9.17) is 5.11 Å². The molecule has 2 rings (SSSR count). The van der Waals surface area contributed by atoms with E-state index in [2.05, 4.69) is 31.5 Å². The Morgan fingerprint density at radius 2 is 2.41 bits per heavy atom. The van der Waals surface area contributed by atoms with Crippen LogP contribution in [0.1, 0.15) is 12.8 Å². The second-order valence-electron chi connectivity index (χ2n) is 3.36. The highest BCUT2D eigenvalue weighted by molar-refractivity contribution is 9.11. The van der Waals surface area contributed by atoms with Crippen molar-refractivity contribution < 1.29 is 9.90 Å². The van der Waals surface area contributed by atoms with Gasteiger partial charge in [-0.15, -0.1) is 16.4 Å². The van der Waals surface area contributed by atoms with E-state index in [1.165, 1.54) is 0 Å². The third-order valence-corrected chi connectivity index (χ3v) is 3.62. The second kappa shape index (κ2) is 5.37. The number of tetrazole rings is 1. The van der Waals surface area contributed by atoms with Crippen LogP contribution in [0.3, 0.4) is 0 Å². The van der Waals surface area contributed by atoms with Gasteiger partial charge in [0.25, 0.3) is 0 Å². The zero-order chi connectivity index (χ0) is 12.3. The molecule has 0 saturated carbocycles. The lowest BCUT2D eigenvalue weighted by atomic mass is 10.3. The summed E-state index contributed by atoms with van der Waals surface area (Å²) < 4.78 is 2.63. The van der Waals surface area contributed by atoms with E-state index in [-0.39, 0.29) is 6.42 Å². The Kier molecular flexibility index (Phi) is 3.85. The summed E-state index contributed by atoms with van der Waals surface area (Å²) >= 11 is 4.93. The number of aromatic nitrogens is 4. The van der Waals surface area contributed by atoms with Gasteiger partial charge in [0.2, 0.25) is 0 Å². The fourth-order valence-electron chi connectivity index (χ4n) is 1.37. The van der Waals surface area contributed by atoms with Crippen LogP contribution in [0, 0.1) is 0 Å². The highest BCUT2D eigenvalue weighted by atomic mass is 79.9. The molecule has 1 N–H and O–H groups in total. The predicted octanol–water partition coefficient (Wildman–Crippen LogP) is 2.03. The summed E-state index contributed by atoms with van der Waals surface area (Å²) in [5.41, 5.74) is 0.933. The zero-order valence-corrected chi connectivity index (χ0v) is 11.1. The third kappa shape index (κ3) is 3.10. The van der Waals surface area contributed by atoms with E-state index in [9.17, 15) is 4.79 Å². The number of thiophene rings is 1. The molecule has 2 aromatic rings. The lowest BCUT2D eigenvalue weighted by Gasteiger charge is -2.01. The summed E-state index contributed by atoms with van der Waals surface area (Å²) in [5.74, 6) is -0.143. The van der Waals surface area contributed by atoms with Gasteiger partial charge < -0.3 is 5.11 Å². The summed E-state index contributed by atoms with van der Waals surface area (Å²) in [7, 11) is 0. The maximum atomic E-state index is 10.4. The minimum absolute atomic E-state index is 0.118. The van der Waals surface area contributed by atoms with E-state index in [1.54, 1.807) is 16.0 Å². The van der Waals surface area contributed by atoms with Crippen LogP contribution >= 0.6 is 27.3 Å². The van der Waals surface area contributed by atoms with Crippen molar-refractivity contribution in [2.75, 3.05) is 0 Å². The van der Waals surface area contributed by atoms with Crippen molar-refractivity contribution in [2.24, 2.45) is 0 Å². The van der Waals surface area contributed by atoms with E-state index in [0.29, 0.717) is 18.8 Å². The number of nitrogens with zero attached hydrogens (tertiary/aromatic N) is 4. The first-order chi connectivity index (χ1) is 8.16. The van der Waals surface area contributed by atoms with Crippen LogP contribution in [0.25, 0.3) is 11.4 Å². The molecule has 0 saturated heterocycles. The molecule has 6 nitrogen and oxygen atoms in total. The fourth-order valence-corrected chi connectivity index (χ4v) is 2.50. The van der Waals surface area contributed by atoms with Crippen LogP contribution in [0.2, 0.25) is 0 Å². The number of carboxylic acids is 1. The molecule has 0 aromatic carbocycles. The molecule has 0 aliphatic rings. The Hall–Kier alpha value is -1.28. The van der Waals surface area contributed by atoms with Gasteiger partial charge in [-0.3, -0.25) is 4.79 Å². The average molecular weight is 317 g/mol. The summed E-state index contributed by atoms with van der Waals surface area (Å²) in [6, 6.07) is 1.93. The van der Waals surface area contributed by atoms with Gasteiger partial charge in [-0.2, -0.15) is 0 Å². The molecule has 0 unspecified atom stereocenters. The van der Waals surface area contributed by atoms with Crippen molar-refractivity contribution in [1.82, 2.24) is 20.2 Å². The van der Waals surface area contributed by atoms with Crippen molar-refractivity contribution in [2.45, 2.75) is 19.4 Å². The molecular formula is C9H9BrN4O2S. The first-order valence-corrected chi connectivity index (χ1v) is 6.56. The number of rotatable bonds is 5. The maximum Gasteiger partial charge on any atom is 0.303 e. The standard InChI is InChI=1S/C9H9BrN4O2S/c10-7-4-6(5-17-7)9-11-12-13-14(9)3-1-2-8(15)16/h4-5H,1-3H2,(H,15,16). The molecule has 0 atom stereocenters. The fraction of sp³-hybridized carbons (Fsp3) is 0.333. The minimum atomic E-state index is -0.807. The lowest BCUT2D eigenvalue weighted by Crippen LogP contribution is -2.05.